The van der Waals surface area contributed by atoms with Crippen LogP contribution < -0.4 is 10.6 Å². The SMILES string of the molecule is Cc1ccc(Nc2c(C(=O)N3CC(O)([C@H]4CCCCN4)C3)ccc(F)c2F)c(F)c1. The number of carbonyl (C=O) groups is 1. The number of rotatable bonds is 4. The summed E-state index contributed by atoms with van der Waals surface area (Å²) in [4.78, 5) is 14.4. The lowest BCUT2D eigenvalue weighted by molar-refractivity contribution is -0.108. The summed E-state index contributed by atoms with van der Waals surface area (Å²) in [5.74, 6) is -3.60. The van der Waals surface area contributed by atoms with Crippen molar-refractivity contribution in [2.24, 2.45) is 0 Å². The van der Waals surface area contributed by atoms with Gasteiger partial charge in [-0.05, 0) is 56.1 Å². The second-order valence-corrected chi connectivity index (χ2v) is 8.16. The summed E-state index contributed by atoms with van der Waals surface area (Å²) < 4.78 is 42.7. The van der Waals surface area contributed by atoms with Crippen molar-refractivity contribution in [3.05, 3.63) is 58.9 Å². The average molecular weight is 419 g/mol. The number of nitrogens with zero attached hydrogens (tertiary/aromatic N) is 1. The van der Waals surface area contributed by atoms with Crippen molar-refractivity contribution in [2.75, 3.05) is 25.0 Å². The molecular weight excluding hydrogens is 395 g/mol. The maximum absolute atomic E-state index is 14.6. The second-order valence-electron chi connectivity index (χ2n) is 8.16. The Labute approximate surface area is 172 Å². The fourth-order valence-electron chi connectivity index (χ4n) is 4.17. The van der Waals surface area contributed by atoms with Crippen molar-refractivity contribution in [3.63, 3.8) is 0 Å². The van der Waals surface area contributed by atoms with E-state index in [0.717, 1.165) is 31.9 Å². The number of nitrogens with one attached hydrogen (secondary N) is 2. The number of β-amino-alcohol motifs (C(OH)–C–C–N with tert-alkyl or cyclic N) is 1. The molecule has 2 saturated heterocycles. The highest BCUT2D eigenvalue weighted by Crippen LogP contribution is 2.34. The van der Waals surface area contributed by atoms with Gasteiger partial charge in [0.25, 0.3) is 5.91 Å². The third kappa shape index (κ3) is 3.77. The van der Waals surface area contributed by atoms with Crippen LogP contribution in [0.5, 0.6) is 0 Å². The summed E-state index contributed by atoms with van der Waals surface area (Å²) in [7, 11) is 0. The van der Waals surface area contributed by atoms with E-state index in [0.29, 0.717) is 5.56 Å². The fraction of sp³-hybridized carbons (Fsp3) is 0.409. The van der Waals surface area contributed by atoms with E-state index >= 15 is 0 Å². The molecule has 0 aliphatic carbocycles. The van der Waals surface area contributed by atoms with Crippen LogP contribution in [0.2, 0.25) is 0 Å². The van der Waals surface area contributed by atoms with Crippen LogP contribution in [0.1, 0.15) is 35.2 Å². The first-order valence-corrected chi connectivity index (χ1v) is 10.0. The van der Waals surface area contributed by atoms with E-state index in [-0.39, 0.29) is 30.4 Å². The van der Waals surface area contributed by atoms with E-state index in [1.54, 1.807) is 13.0 Å². The normalized spacial score (nSPS) is 20.6. The van der Waals surface area contributed by atoms with Crippen LogP contribution in [0, 0.1) is 24.4 Å². The predicted molar refractivity (Wildman–Crippen MR) is 107 cm³/mol. The molecule has 2 aromatic rings. The first-order chi connectivity index (χ1) is 14.3. The van der Waals surface area contributed by atoms with Crippen molar-refractivity contribution in [1.29, 1.82) is 0 Å². The quantitative estimate of drug-likeness (QED) is 0.710. The molecule has 2 aliphatic heterocycles. The van der Waals surface area contributed by atoms with Crippen LogP contribution in [-0.4, -0.2) is 47.2 Å². The Kier molecular flexibility index (Phi) is 5.46. The molecule has 4 rings (SSSR count). The number of anilines is 2. The Balaban J connectivity index is 1.57. The highest BCUT2D eigenvalue weighted by Gasteiger charge is 2.49. The molecule has 160 valence electrons. The minimum atomic E-state index is -1.26. The van der Waals surface area contributed by atoms with Crippen LogP contribution in [0.15, 0.2) is 30.3 Å². The van der Waals surface area contributed by atoms with Gasteiger partial charge < -0.3 is 20.6 Å². The third-order valence-corrected chi connectivity index (χ3v) is 5.88. The first kappa shape index (κ1) is 20.7. The molecule has 0 unspecified atom stereocenters. The Morgan fingerprint density at radius 2 is 1.93 bits per heavy atom. The molecular formula is C22H24F3N3O2. The number of aliphatic hydroxyl groups is 1. The molecule has 0 radical (unpaired) electrons. The number of carbonyl (C=O) groups excluding carboxylic acids is 1. The number of hydrogen-bond acceptors (Lipinski definition) is 4. The van der Waals surface area contributed by atoms with Gasteiger partial charge in [-0.25, -0.2) is 13.2 Å². The van der Waals surface area contributed by atoms with E-state index in [1.165, 1.54) is 23.1 Å². The van der Waals surface area contributed by atoms with Crippen LogP contribution in [0.3, 0.4) is 0 Å². The minimum Gasteiger partial charge on any atom is -0.385 e. The number of halogens is 3. The number of aryl methyl sites for hydroxylation is 1. The lowest BCUT2D eigenvalue weighted by atomic mass is 9.81. The summed E-state index contributed by atoms with van der Waals surface area (Å²) in [5, 5.41) is 16.6. The predicted octanol–water partition coefficient (Wildman–Crippen LogP) is 3.48. The number of benzene rings is 2. The van der Waals surface area contributed by atoms with Gasteiger partial charge in [0.05, 0.1) is 30.0 Å². The molecule has 2 aromatic carbocycles. The van der Waals surface area contributed by atoms with Gasteiger partial charge in [0.15, 0.2) is 11.6 Å². The Morgan fingerprint density at radius 1 is 1.17 bits per heavy atom. The molecule has 0 aromatic heterocycles. The minimum absolute atomic E-state index is 0.0642. The topological polar surface area (TPSA) is 64.6 Å². The largest absolute Gasteiger partial charge is 0.385 e. The van der Waals surface area contributed by atoms with Gasteiger partial charge in [-0.15, -0.1) is 0 Å². The molecule has 0 spiro atoms. The molecule has 0 saturated carbocycles. The van der Waals surface area contributed by atoms with Crippen molar-refractivity contribution < 1.29 is 23.1 Å². The van der Waals surface area contributed by atoms with Crippen LogP contribution in [0.4, 0.5) is 24.5 Å². The monoisotopic (exact) mass is 419 g/mol. The molecule has 30 heavy (non-hydrogen) atoms. The van der Waals surface area contributed by atoms with Crippen molar-refractivity contribution in [2.45, 2.75) is 37.8 Å². The molecule has 1 atom stereocenters. The Morgan fingerprint density at radius 3 is 2.60 bits per heavy atom. The molecule has 5 nitrogen and oxygen atoms in total. The van der Waals surface area contributed by atoms with Gasteiger partial charge in [0.2, 0.25) is 0 Å². The van der Waals surface area contributed by atoms with Crippen molar-refractivity contribution in [1.82, 2.24) is 10.2 Å². The second kappa shape index (κ2) is 7.92. The highest BCUT2D eigenvalue weighted by molar-refractivity contribution is 6.01. The third-order valence-electron chi connectivity index (χ3n) is 5.88. The van der Waals surface area contributed by atoms with Gasteiger partial charge in [-0.1, -0.05) is 12.5 Å². The van der Waals surface area contributed by atoms with Gasteiger partial charge >= 0.3 is 0 Å². The van der Waals surface area contributed by atoms with Crippen molar-refractivity contribution >= 4 is 17.3 Å². The van der Waals surface area contributed by atoms with Crippen LogP contribution >= 0.6 is 0 Å². The maximum atomic E-state index is 14.6. The number of piperidine rings is 1. The smallest absolute Gasteiger partial charge is 0.256 e. The zero-order valence-corrected chi connectivity index (χ0v) is 16.6. The molecule has 8 heteroatoms. The standard InChI is InChI=1S/C22H24F3N3O2/c1-13-5-8-17(16(24)10-13)27-20-14(6-7-15(23)19(20)25)21(29)28-11-22(30,12-28)18-4-2-3-9-26-18/h5-8,10,18,26-27,30H,2-4,9,11-12H2,1H3/t18-/m1/s1. The van der Waals surface area contributed by atoms with Gasteiger partial charge in [0, 0.05) is 6.04 Å². The average Bonchev–Trinajstić information content (AvgIpc) is 2.71. The summed E-state index contributed by atoms with van der Waals surface area (Å²) in [6.45, 7) is 2.72. The molecule has 3 N–H and O–H groups in total. The zero-order chi connectivity index (χ0) is 21.5. The van der Waals surface area contributed by atoms with Crippen LogP contribution in [0.25, 0.3) is 0 Å². The Bertz CT molecular complexity index is 970. The van der Waals surface area contributed by atoms with Gasteiger partial charge in [0.1, 0.15) is 11.4 Å². The lowest BCUT2D eigenvalue weighted by Crippen LogP contribution is -2.72. The molecule has 0 bridgehead atoms. The number of hydrogen-bond donors (Lipinski definition) is 3. The van der Waals surface area contributed by atoms with E-state index < -0.39 is 34.6 Å². The molecule has 2 heterocycles. The summed E-state index contributed by atoms with van der Waals surface area (Å²) >= 11 is 0. The van der Waals surface area contributed by atoms with E-state index in [1.807, 2.05) is 0 Å². The molecule has 2 fully saturated rings. The maximum Gasteiger partial charge on any atom is 0.256 e. The number of likely N-dealkylation sites (tertiary alicyclic amines) is 1. The lowest BCUT2D eigenvalue weighted by Gasteiger charge is -2.51. The molecule has 1 amide bonds. The van der Waals surface area contributed by atoms with E-state index in [2.05, 4.69) is 10.6 Å². The first-order valence-electron chi connectivity index (χ1n) is 10.0. The van der Waals surface area contributed by atoms with Gasteiger partial charge in [-0.3, -0.25) is 4.79 Å². The zero-order valence-electron chi connectivity index (χ0n) is 16.6. The Hall–Kier alpha value is -2.58. The molecule has 2 aliphatic rings. The van der Waals surface area contributed by atoms with E-state index in [9.17, 15) is 23.1 Å². The summed E-state index contributed by atoms with van der Waals surface area (Å²) in [6, 6.07) is 6.23. The van der Waals surface area contributed by atoms with E-state index in [4.69, 9.17) is 0 Å². The summed E-state index contributed by atoms with van der Waals surface area (Å²) in [6.07, 6.45) is 2.88. The fourth-order valence-corrected chi connectivity index (χ4v) is 4.17. The van der Waals surface area contributed by atoms with Crippen molar-refractivity contribution in [3.8, 4) is 0 Å². The number of amides is 1. The highest BCUT2D eigenvalue weighted by atomic mass is 19.2. The summed E-state index contributed by atoms with van der Waals surface area (Å²) in [5.41, 5.74) is -0.969. The van der Waals surface area contributed by atoms with Gasteiger partial charge in [-0.2, -0.15) is 0 Å². The van der Waals surface area contributed by atoms with Crippen LogP contribution in [-0.2, 0) is 0 Å².